The second-order valence-corrected chi connectivity index (χ2v) is 9.89. The van der Waals surface area contributed by atoms with Crippen molar-refractivity contribution >= 4 is 20.9 Å². The minimum absolute atomic E-state index is 0.0226. The first-order valence-corrected chi connectivity index (χ1v) is 11.8. The molecular formula is C22H21F3N4O3S. The molecule has 1 aliphatic carbocycles. The Kier molecular flexibility index (Phi) is 5.84. The summed E-state index contributed by atoms with van der Waals surface area (Å²) in [5.74, 6) is -0.419. The molecule has 0 amide bonds. The number of halogens is 3. The molecule has 2 heterocycles. The third kappa shape index (κ3) is 4.54. The average Bonchev–Trinajstić information content (AvgIpc) is 2.98. The van der Waals surface area contributed by atoms with Crippen LogP contribution in [0.25, 0.3) is 22.3 Å². The molecule has 3 aromatic rings. The standard InChI is InChI=1S/C22H21F3N4O3S/c1-13(2)28-33(30,31)16-7-8-19(27-12-16)21-18(11-26)17-10-15(32-22(23,24)25)6-9-20(17)29(21)14-4-3-5-14/h6-10,12-14,28H,3-5H2,1-2H3. The summed E-state index contributed by atoms with van der Waals surface area (Å²) >= 11 is 0. The van der Waals surface area contributed by atoms with Crippen molar-refractivity contribution in [3.63, 3.8) is 0 Å². The number of hydrogen-bond acceptors (Lipinski definition) is 5. The molecule has 0 radical (unpaired) electrons. The molecule has 174 valence electrons. The minimum Gasteiger partial charge on any atom is -0.406 e. The quantitative estimate of drug-likeness (QED) is 0.544. The molecule has 0 spiro atoms. The number of fused-ring (bicyclic) bond motifs is 1. The Morgan fingerprint density at radius 1 is 1.24 bits per heavy atom. The van der Waals surface area contributed by atoms with Gasteiger partial charge in [0.05, 0.1) is 22.5 Å². The van der Waals surface area contributed by atoms with Crippen molar-refractivity contribution in [3.8, 4) is 23.2 Å². The van der Waals surface area contributed by atoms with E-state index < -0.39 is 22.1 Å². The molecule has 7 nitrogen and oxygen atoms in total. The number of ether oxygens (including phenoxy) is 1. The van der Waals surface area contributed by atoms with E-state index in [1.165, 1.54) is 36.5 Å². The van der Waals surface area contributed by atoms with E-state index in [-0.39, 0.29) is 22.5 Å². The minimum atomic E-state index is -4.85. The van der Waals surface area contributed by atoms with Gasteiger partial charge >= 0.3 is 6.36 Å². The Morgan fingerprint density at radius 3 is 2.48 bits per heavy atom. The summed E-state index contributed by atoms with van der Waals surface area (Å²) in [5, 5.41) is 10.2. The van der Waals surface area contributed by atoms with Crippen LogP contribution in [0.1, 0.15) is 44.7 Å². The fourth-order valence-corrected chi connectivity index (χ4v) is 5.13. The predicted octanol–water partition coefficient (Wildman–Crippen LogP) is 4.89. The Bertz CT molecular complexity index is 1340. The monoisotopic (exact) mass is 478 g/mol. The molecule has 1 aromatic carbocycles. The summed E-state index contributed by atoms with van der Waals surface area (Å²) < 4.78 is 71.4. The van der Waals surface area contributed by atoms with Crippen molar-refractivity contribution in [1.82, 2.24) is 14.3 Å². The molecule has 1 aliphatic rings. The van der Waals surface area contributed by atoms with Gasteiger partial charge in [0.15, 0.2) is 0 Å². The van der Waals surface area contributed by atoms with Gasteiger partial charge in [0, 0.05) is 23.7 Å². The number of nitrogens with zero attached hydrogens (tertiary/aromatic N) is 3. The number of sulfonamides is 1. The first kappa shape index (κ1) is 23.1. The Labute approximate surface area is 188 Å². The number of alkyl halides is 3. The summed E-state index contributed by atoms with van der Waals surface area (Å²) in [4.78, 5) is 4.28. The normalized spacial score (nSPS) is 14.9. The molecule has 33 heavy (non-hydrogen) atoms. The van der Waals surface area contributed by atoms with E-state index in [0.717, 1.165) is 19.3 Å². The molecular weight excluding hydrogens is 457 g/mol. The summed E-state index contributed by atoms with van der Waals surface area (Å²) in [7, 11) is -3.75. The first-order valence-electron chi connectivity index (χ1n) is 10.3. The highest BCUT2D eigenvalue weighted by Gasteiger charge is 2.33. The first-order chi connectivity index (χ1) is 15.5. The van der Waals surface area contributed by atoms with E-state index in [1.807, 2.05) is 4.57 Å². The lowest BCUT2D eigenvalue weighted by Gasteiger charge is -2.30. The number of rotatable bonds is 6. The van der Waals surface area contributed by atoms with Crippen LogP contribution in [0, 0.1) is 11.3 Å². The predicted molar refractivity (Wildman–Crippen MR) is 115 cm³/mol. The summed E-state index contributed by atoms with van der Waals surface area (Å²) in [6.45, 7) is 3.40. The van der Waals surface area contributed by atoms with Crippen LogP contribution in [0.2, 0.25) is 0 Å². The van der Waals surface area contributed by atoms with Crippen molar-refractivity contribution in [2.24, 2.45) is 0 Å². The van der Waals surface area contributed by atoms with Crippen molar-refractivity contribution in [2.75, 3.05) is 0 Å². The third-order valence-electron chi connectivity index (χ3n) is 5.44. The highest BCUT2D eigenvalue weighted by atomic mass is 32.2. The third-order valence-corrected chi connectivity index (χ3v) is 7.08. The Balaban J connectivity index is 1.87. The molecule has 0 bridgehead atoms. The van der Waals surface area contributed by atoms with E-state index in [0.29, 0.717) is 22.3 Å². The maximum absolute atomic E-state index is 12.7. The fourth-order valence-electron chi connectivity index (χ4n) is 3.94. The van der Waals surface area contributed by atoms with E-state index in [9.17, 15) is 26.9 Å². The zero-order valence-corrected chi connectivity index (χ0v) is 18.7. The highest BCUT2D eigenvalue weighted by molar-refractivity contribution is 7.89. The van der Waals surface area contributed by atoms with E-state index in [4.69, 9.17) is 0 Å². The van der Waals surface area contributed by atoms with Crippen molar-refractivity contribution in [2.45, 2.75) is 56.5 Å². The maximum atomic E-state index is 12.7. The molecule has 2 aromatic heterocycles. The molecule has 11 heteroatoms. The molecule has 1 fully saturated rings. The van der Waals surface area contributed by atoms with Crippen LogP contribution in [0.5, 0.6) is 5.75 Å². The molecule has 0 unspecified atom stereocenters. The lowest BCUT2D eigenvalue weighted by molar-refractivity contribution is -0.274. The van der Waals surface area contributed by atoms with Gasteiger partial charge < -0.3 is 9.30 Å². The van der Waals surface area contributed by atoms with E-state index in [1.54, 1.807) is 13.8 Å². The van der Waals surface area contributed by atoms with Gasteiger partial charge in [0.2, 0.25) is 10.0 Å². The number of hydrogen-bond donors (Lipinski definition) is 1. The molecule has 0 saturated heterocycles. The smallest absolute Gasteiger partial charge is 0.406 e. The van der Waals surface area contributed by atoms with Gasteiger partial charge in [-0.25, -0.2) is 13.1 Å². The summed E-state index contributed by atoms with van der Waals surface area (Å²) in [6, 6.07) is 8.69. The zero-order chi connectivity index (χ0) is 24.0. The lowest BCUT2D eigenvalue weighted by atomic mass is 9.92. The molecule has 1 N–H and O–H groups in total. The Hall–Kier alpha value is -3.10. The van der Waals surface area contributed by atoms with Gasteiger partial charge in [0.25, 0.3) is 0 Å². The Morgan fingerprint density at radius 2 is 1.97 bits per heavy atom. The number of benzene rings is 1. The SMILES string of the molecule is CC(C)NS(=O)(=O)c1ccc(-c2c(C#N)c3cc(OC(F)(F)F)ccc3n2C2CCC2)nc1. The molecule has 0 aliphatic heterocycles. The molecule has 0 atom stereocenters. The average molecular weight is 478 g/mol. The van der Waals surface area contributed by atoms with Crippen molar-refractivity contribution in [1.29, 1.82) is 5.26 Å². The number of nitriles is 1. The topological polar surface area (TPSA) is 97.0 Å². The van der Waals surface area contributed by atoms with Crippen LogP contribution in [-0.4, -0.2) is 30.4 Å². The van der Waals surface area contributed by atoms with Crippen LogP contribution in [0.3, 0.4) is 0 Å². The van der Waals surface area contributed by atoms with Crippen molar-refractivity contribution in [3.05, 3.63) is 42.1 Å². The maximum Gasteiger partial charge on any atom is 0.573 e. The number of aromatic nitrogens is 2. The van der Waals surface area contributed by atoms with Gasteiger partial charge in [-0.2, -0.15) is 5.26 Å². The van der Waals surface area contributed by atoms with E-state index >= 15 is 0 Å². The highest BCUT2D eigenvalue weighted by Crippen LogP contribution is 2.43. The molecule has 4 rings (SSSR count). The van der Waals surface area contributed by atoms with Gasteiger partial charge in [-0.3, -0.25) is 4.98 Å². The lowest BCUT2D eigenvalue weighted by Crippen LogP contribution is -2.30. The van der Waals surface area contributed by atoms with Crippen LogP contribution in [0.15, 0.2) is 41.4 Å². The fraction of sp³-hybridized carbons (Fsp3) is 0.364. The largest absolute Gasteiger partial charge is 0.573 e. The second kappa shape index (κ2) is 8.35. The van der Waals surface area contributed by atoms with Crippen LogP contribution in [-0.2, 0) is 10.0 Å². The zero-order valence-electron chi connectivity index (χ0n) is 17.8. The van der Waals surface area contributed by atoms with Crippen molar-refractivity contribution < 1.29 is 26.3 Å². The van der Waals surface area contributed by atoms with Crippen LogP contribution in [0.4, 0.5) is 13.2 Å². The summed E-state index contributed by atoms with van der Waals surface area (Å²) in [6.07, 6.45) is -0.943. The van der Waals surface area contributed by atoms with Crippen LogP contribution < -0.4 is 9.46 Å². The van der Waals surface area contributed by atoms with Gasteiger partial charge in [-0.15, -0.1) is 13.2 Å². The summed E-state index contributed by atoms with van der Waals surface area (Å²) in [5.41, 5.74) is 1.56. The number of pyridine rings is 1. The molecule has 1 saturated carbocycles. The van der Waals surface area contributed by atoms with E-state index in [2.05, 4.69) is 20.5 Å². The van der Waals surface area contributed by atoms with Crippen LogP contribution >= 0.6 is 0 Å². The van der Waals surface area contributed by atoms with Gasteiger partial charge in [-0.05, 0) is 63.4 Å². The van der Waals surface area contributed by atoms with Gasteiger partial charge in [0.1, 0.15) is 16.7 Å². The second-order valence-electron chi connectivity index (χ2n) is 8.17. The van der Waals surface area contributed by atoms with Gasteiger partial charge in [-0.1, -0.05) is 0 Å². The number of nitrogens with one attached hydrogen (secondary N) is 1.